The van der Waals surface area contributed by atoms with Crippen molar-refractivity contribution in [2.24, 2.45) is 0 Å². The van der Waals surface area contributed by atoms with E-state index in [1.165, 1.54) is 0 Å². The first-order chi connectivity index (χ1) is 0. The number of hydrogen-bond donors (Lipinski definition) is 0. The van der Waals surface area contributed by atoms with Gasteiger partial charge in [-0.3, -0.25) is 0 Å². The van der Waals surface area contributed by atoms with Gasteiger partial charge < -0.3 is 0 Å². The summed E-state index contributed by atoms with van der Waals surface area (Å²) in [6.45, 7) is 0. The molecular formula is C135H540. The molecule has 0 fully saturated rings. The van der Waals surface area contributed by atoms with Crippen LogP contribution in [0, 0.1) is 0 Å². The summed E-state index contributed by atoms with van der Waals surface area (Å²) in [7, 11) is 0. The van der Waals surface area contributed by atoms with Crippen molar-refractivity contribution in [2.75, 3.05) is 0 Å². The fraction of sp³-hybridized carbons (Fsp3) is 1.00. The summed E-state index contributed by atoms with van der Waals surface area (Å²) in [5.41, 5.74) is 0. The first kappa shape index (κ1) is 0. The van der Waals surface area contributed by atoms with Gasteiger partial charge in [-0.25, -0.2) is 0 Å². The third kappa shape index (κ3) is 0. The largest absolute Gasteiger partial charge is 0.0776 e. The van der Waals surface area contributed by atoms with Crippen molar-refractivity contribution in [3.05, 3.63) is 0 Å². The van der Waals surface area contributed by atoms with Gasteiger partial charge in [0.05, 0.1) is 0 Å². The lowest BCUT2D eigenvalue weighted by atomic mass is 12.0. The molecule has 0 aliphatic rings. The third-order valence-corrected chi connectivity index (χ3v) is 0. The molecule has 0 aliphatic heterocycles. The highest BCUT2D eigenvalue weighted by Crippen LogP contribution is 0.278. The normalized spacial score (nSPS) is 0. The lowest BCUT2D eigenvalue weighted by Crippen LogP contribution is 0.143. The summed E-state index contributed by atoms with van der Waals surface area (Å²) < 4.78 is 0. The Morgan fingerprint density at radius 2 is 0.00741 bits per heavy atom. The van der Waals surface area contributed by atoms with E-state index in [1.807, 2.05) is 0 Å². The average molecular weight is 2170 g/mol. The van der Waals surface area contributed by atoms with Crippen molar-refractivity contribution in [3.63, 3.8) is 0 Å². The summed E-state index contributed by atoms with van der Waals surface area (Å²) in [4.78, 5) is 0. The van der Waals surface area contributed by atoms with Gasteiger partial charge in [0.2, 0.25) is 0 Å². The molecule has 0 heterocycles. The smallest absolute Gasteiger partial charge is 0.0776 e. The maximum atomic E-state index is 0. The highest BCUT2D eigenvalue weighted by molar-refractivity contribution is 2.64. The Balaban J connectivity index is 0. The molecule has 0 heteroatoms. The SMILES string of the molecule is C.C.C.C.C.C.C.C.C.C.C.C.C.C.C.C.C.C.C.C.C.C.C.C.C.C.C.C.C.C.C.C.C.C.C.C.C.C.C.C.C.C.C.C.C.C.C.C.C.C.C.C.C.C.C.C.C.C.C.C.C.C.C.C.C.C.C.C.C.C.C.C.C.C.C.C.C.C.C.C.C.C.C.C.C.C.C.C.C.C.C.C.C.C.C.C.C.C.C.C.C.C.C.C.C.C.C.C.C.C.C.C.C.C.C.C.C.C.C.C.C.C.C.C.C.C.C.C.C.C.C.C.C.C.C. The monoisotopic (exact) mass is 2160 g/mol. The number of hydrogen-bond acceptors (Lipinski definition) is 0. The second-order valence-corrected chi connectivity index (χ2v) is 0. The standard InChI is InChI=1S/135CH4/h135*1H4. The maximum Gasteiger partial charge on any atom is -0.0776 e. The highest BCUT2D eigenvalue weighted by atomic mass is 12.1. The predicted molar refractivity (Wildman–Crippen MR) is 909 cm³/mol. The molecule has 0 aliphatic carbocycles. The molecule has 0 radical (unpaired) electrons. The van der Waals surface area contributed by atoms with Gasteiger partial charge in [-0.2, -0.15) is 0 Å². The summed E-state index contributed by atoms with van der Waals surface area (Å²) in [5, 5.41) is 0. The van der Waals surface area contributed by atoms with Crippen molar-refractivity contribution in [1.82, 2.24) is 0 Å². The van der Waals surface area contributed by atoms with Crippen LogP contribution in [-0.4, -0.2) is 0 Å². The molecule has 0 aromatic carbocycles. The van der Waals surface area contributed by atoms with Gasteiger partial charge in [0.15, 0.2) is 0 Å². The Morgan fingerprint density at radius 1 is 0.00741 bits per heavy atom. The van der Waals surface area contributed by atoms with Crippen molar-refractivity contribution in [2.45, 2.75) is 1000 Å². The zero-order valence-corrected chi connectivity index (χ0v) is 0. The van der Waals surface area contributed by atoms with E-state index in [-0.39, 0.29) is 1000 Å². The van der Waals surface area contributed by atoms with Crippen LogP contribution in [0.2, 0.25) is 0 Å². The first-order valence-corrected chi connectivity index (χ1v) is 0. The average Bonchev–Trinajstić information content (AvgIpc) is 0. The Morgan fingerprint density at radius 3 is 0.00741 bits per heavy atom. The molecule has 0 aromatic rings. The molecule has 0 saturated heterocycles. The number of rotatable bonds is 0. The molecule has 0 saturated carbocycles. The molecule has 0 nitrogen and oxygen atoms in total. The highest BCUT2D eigenvalue weighted by Gasteiger charge is 0.0564. The van der Waals surface area contributed by atoms with Crippen LogP contribution in [0.1, 0.15) is 1000 Å². The minimum Gasteiger partial charge on any atom is -0.0776 e. The Bertz CT molecular complexity index is 0. The Labute approximate surface area is 996 Å². The van der Waals surface area contributed by atoms with E-state index in [4.69, 9.17) is 0 Å². The van der Waals surface area contributed by atoms with Crippen LogP contribution < -0.4 is 0 Å². The van der Waals surface area contributed by atoms with Gasteiger partial charge in [0.1, 0.15) is 0 Å². The molecule has 0 aromatic heterocycles. The molecule has 1080 valence electrons. The molecule has 0 spiro atoms. The first-order valence-electron chi connectivity index (χ1n) is 0. The van der Waals surface area contributed by atoms with Crippen molar-refractivity contribution >= 4 is 0 Å². The zero-order chi connectivity index (χ0) is 0. The van der Waals surface area contributed by atoms with Crippen LogP contribution in [0.15, 0.2) is 0 Å². The maximum absolute atomic E-state index is 0. The summed E-state index contributed by atoms with van der Waals surface area (Å²) >= 11 is 0. The van der Waals surface area contributed by atoms with Crippen molar-refractivity contribution in [3.8, 4) is 0 Å². The zero-order valence-electron chi connectivity index (χ0n) is 0. The van der Waals surface area contributed by atoms with Crippen LogP contribution in [0.4, 0.5) is 0 Å². The van der Waals surface area contributed by atoms with Crippen LogP contribution in [0.25, 0.3) is 0 Å². The van der Waals surface area contributed by atoms with Gasteiger partial charge in [-0.1, -0.05) is 1000 Å². The Kier molecular flexibility index (Phi) is 0. The van der Waals surface area contributed by atoms with E-state index in [9.17, 15) is 0 Å². The summed E-state index contributed by atoms with van der Waals surface area (Å²) in [6.07, 6.45) is 0. The summed E-state index contributed by atoms with van der Waals surface area (Å²) in [5.74, 6) is 0. The van der Waals surface area contributed by atoms with Gasteiger partial charge in [0.25, 0.3) is 0 Å². The second kappa shape index (κ2) is 0. The fourth-order valence-corrected chi connectivity index (χ4v) is 0. The van der Waals surface area contributed by atoms with Gasteiger partial charge in [-0.15, -0.1) is 0 Å². The second-order valence-electron chi connectivity index (χ2n) is 0. The molecule has 0 amide bonds. The minimum absolute atomic E-state index is 0. The minimum atomic E-state index is 0. The van der Waals surface area contributed by atoms with Crippen molar-refractivity contribution < 1.29 is 0 Å². The van der Waals surface area contributed by atoms with Gasteiger partial charge in [-0.05, 0) is 0 Å². The Hall–Kier alpha value is 0. The molecule has 0 unspecified atom stereocenters. The molecular weight excluding hydrogens is 1620 g/mol. The van der Waals surface area contributed by atoms with E-state index >= 15 is 0 Å². The van der Waals surface area contributed by atoms with E-state index < -0.39 is 0 Å². The lowest BCUT2D eigenvalue weighted by molar-refractivity contribution is 2.50. The van der Waals surface area contributed by atoms with E-state index in [2.05, 4.69) is 0 Å². The van der Waals surface area contributed by atoms with Gasteiger partial charge >= 0.3 is 0 Å². The third-order valence-electron chi connectivity index (χ3n) is 0. The van der Waals surface area contributed by atoms with Gasteiger partial charge in [0, 0.05) is 0 Å². The van der Waals surface area contributed by atoms with E-state index in [0.717, 1.165) is 0 Å². The quantitative estimate of drug-likeness (QED) is 0.227. The van der Waals surface area contributed by atoms with Crippen LogP contribution in [0.5, 0.6) is 0 Å². The molecule has 0 rings (SSSR count). The van der Waals surface area contributed by atoms with Crippen LogP contribution in [0.3, 0.4) is 0 Å². The van der Waals surface area contributed by atoms with Crippen molar-refractivity contribution in [1.29, 1.82) is 0 Å². The topological polar surface area (TPSA) is 0 Å². The fourth-order valence-electron chi connectivity index (χ4n) is 0. The summed E-state index contributed by atoms with van der Waals surface area (Å²) in [6, 6.07) is 0. The van der Waals surface area contributed by atoms with Crippen LogP contribution >= 0.6 is 0 Å². The van der Waals surface area contributed by atoms with E-state index in [0.29, 0.717) is 0 Å². The molecule has 135 heavy (non-hydrogen) atoms. The lowest BCUT2D eigenvalue weighted by Gasteiger charge is -0.0786. The molecule has 0 bridgehead atoms. The molecule has 0 N–H and O–H groups in total. The van der Waals surface area contributed by atoms with E-state index in [1.54, 1.807) is 0 Å². The predicted octanol–water partition coefficient (Wildman–Crippen LogP) is 85.9. The van der Waals surface area contributed by atoms with Crippen LogP contribution in [-0.2, 0) is 0 Å². The molecule has 0 atom stereocenters.